The Labute approximate surface area is 172 Å². The highest BCUT2D eigenvalue weighted by Gasteiger charge is 2.28. The molecule has 1 aliphatic heterocycles. The lowest BCUT2D eigenvalue weighted by Gasteiger charge is -2.16. The molecular formula is C22H30N6O. The smallest absolute Gasteiger partial charge is 0.278 e. The second-order valence-corrected chi connectivity index (χ2v) is 8.15. The monoisotopic (exact) mass is 394 g/mol. The molecule has 0 atom stereocenters. The number of fused-ring (bicyclic) bond motifs is 1. The third-order valence-corrected chi connectivity index (χ3v) is 5.05. The third kappa shape index (κ3) is 3.69. The van der Waals surface area contributed by atoms with Gasteiger partial charge in [-0.05, 0) is 37.0 Å². The predicted molar refractivity (Wildman–Crippen MR) is 122 cm³/mol. The van der Waals surface area contributed by atoms with Crippen LogP contribution in [0.25, 0.3) is 0 Å². The van der Waals surface area contributed by atoms with Crippen LogP contribution < -0.4 is 15.8 Å². The van der Waals surface area contributed by atoms with E-state index in [2.05, 4.69) is 24.3 Å². The summed E-state index contributed by atoms with van der Waals surface area (Å²) in [6.07, 6.45) is 0. The lowest BCUT2D eigenvalue weighted by atomic mass is 9.96. The van der Waals surface area contributed by atoms with E-state index in [1.807, 2.05) is 65.0 Å². The van der Waals surface area contributed by atoms with Crippen LogP contribution in [0.5, 0.6) is 0 Å². The van der Waals surface area contributed by atoms with E-state index in [1.165, 1.54) is 4.68 Å². The first-order valence-electron chi connectivity index (χ1n) is 9.96. The molecule has 2 aromatic rings. The highest BCUT2D eigenvalue weighted by molar-refractivity contribution is 6.48. The third-order valence-electron chi connectivity index (χ3n) is 5.05. The Bertz CT molecular complexity index is 1060. The number of nitrogens with zero attached hydrogens (tertiary/aromatic N) is 5. The summed E-state index contributed by atoms with van der Waals surface area (Å²) in [4.78, 5) is 24.9. The average molecular weight is 395 g/mol. The van der Waals surface area contributed by atoms with Gasteiger partial charge in [0.1, 0.15) is 5.71 Å². The Morgan fingerprint density at radius 2 is 1.83 bits per heavy atom. The van der Waals surface area contributed by atoms with Gasteiger partial charge in [-0.15, -0.1) is 0 Å². The molecule has 0 saturated carbocycles. The quantitative estimate of drug-likeness (QED) is 0.833. The Kier molecular flexibility index (Phi) is 5.59. The SMILES string of the molecule is CNc1cc(N(C)C)ccc1N=C1C(C)=Nn2c1nc(C(C)C)c(C(C)C)c2=O. The highest BCUT2D eigenvalue weighted by Crippen LogP contribution is 2.31. The number of anilines is 2. The van der Waals surface area contributed by atoms with Crippen molar-refractivity contribution in [2.75, 3.05) is 31.4 Å². The maximum atomic E-state index is 13.2. The minimum absolute atomic E-state index is 0.0798. The van der Waals surface area contributed by atoms with E-state index in [4.69, 9.17) is 9.98 Å². The van der Waals surface area contributed by atoms with Gasteiger partial charge < -0.3 is 10.2 Å². The molecule has 0 spiro atoms. The molecule has 2 heterocycles. The maximum Gasteiger partial charge on any atom is 0.278 e. The first-order chi connectivity index (χ1) is 13.6. The summed E-state index contributed by atoms with van der Waals surface area (Å²) in [7, 11) is 5.87. The van der Waals surface area contributed by atoms with E-state index in [1.54, 1.807) is 0 Å². The summed E-state index contributed by atoms with van der Waals surface area (Å²) in [6, 6.07) is 6.03. The summed E-state index contributed by atoms with van der Waals surface area (Å²) >= 11 is 0. The Morgan fingerprint density at radius 3 is 2.38 bits per heavy atom. The zero-order valence-corrected chi connectivity index (χ0v) is 18.5. The first-order valence-corrected chi connectivity index (χ1v) is 9.96. The number of benzene rings is 1. The number of hydrogen-bond donors (Lipinski definition) is 1. The van der Waals surface area contributed by atoms with Crippen molar-refractivity contribution in [2.24, 2.45) is 10.1 Å². The average Bonchev–Trinajstić information content (AvgIpc) is 2.97. The van der Waals surface area contributed by atoms with Crippen molar-refractivity contribution in [1.82, 2.24) is 9.66 Å². The van der Waals surface area contributed by atoms with E-state index in [9.17, 15) is 4.79 Å². The minimum Gasteiger partial charge on any atom is -0.386 e. The summed E-state index contributed by atoms with van der Waals surface area (Å²) in [5.41, 5.74) is 5.53. The van der Waals surface area contributed by atoms with Gasteiger partial charge in [-0.25, -0.2) is 9.98 Å². The molecule has 3 rings (SSSR count). The van der Waals surface area contributed by atoms with E-state index in [0.29, 0.717) is 17.2 Å². The van der Waals surface area contributed by atoms with E-state index in [-0.39, 0.29) is 17.4 Å². The van der Waals surface area contributed by atoms with Gasteiger partial charge in [0, 0.05) is 32.4 Å². The molecule has 1 N–H and O–H groups in total. The van der Waals surface area contributed by atoms with Crippen LogP contribution in [0.3, 0.4) is 0 Å². The molecule has 7 heteroatoms. The predicted octanol–water partition coefficient (Wildman–Crippen LogP) is 3.96. The van der Waals surface area contributed by atoms with Gasteiger partial charge in [0.25, 0.3) is 5.56 Å². The topological polar surface area (TPSA) is 74.9 Å². The number of aromatic nitrogens is 2. The second kappa shape index (κ2) is 7.81. The normalized spacial score (nSPS) is 14.6. The van der Waals surface area contributed by atoms with Gasteiger partial charge in [-0.3, -0.25) is 4.79 Å². The molecule has 0 fully saturated rings. The van der Waals surface area contributed by atoms with Crippen molar-refractivity contribution >= 4 is 28.5 Å². The molecule has 0 amide bonds. The van der Waals surface area contributed by atoms with Gasteiger partial charge in [0.15, 0.2) is 5.82 Å². The van der Waals surface area contributed by atoms with Gasteiger partial charge in [0.05, 0.1) is 22.8 Å². The number of nitrogens with one attached hydrogen (secondary N) is 1. The van der Waals surface area contributed by atoms with Crippen molar-refractivity contribution in [2.45, 2.75) is 46.5 Å². The van der Waals surface area contributed by atoms with Crippen LogP contribution in [0.15, 0.2) is 33.1 Å². The molecule has 154 valence electrons. The van der Waals surface area contributed by atoms with Crippen LogP contribution in [0.2, 0.25) is 0 Å². The van der Waals surface area contributed by atoms with E-state index < -0.39 is 0 Å². The van der Waals surface area contributed by atoms with Gasteiger partial charge in [-0.2, -0.15) is 9.78 Å². The lowest BCUT2D eigenvalue weighted by Crippen LogP contribution is -2.28. The van der Waals surface area contributed by atoms with Crippen molar-refractivity contribution in [3.8, 4) is 0 Å². The van der Waals surface area contributed by atoms with Crippen LogP contribution in [-0.2, 0) is 0 Å². The van der Waals surface area contributed by atoms with Crippen molar-refractivity contribution in [1.29, 1.82) is 0 Å². The summed E-state index contributed by atoms with van der Waals surface area (Å²) < 4.78 is 1.41. The zero-order valence-electron chi connectivity index (χ0n) is 18.5. The summed E-state index contributed by atoms with van der Waals surface area (Å²) in [6.45, 7) is 10.0. The van der Waals surface area contributed by atoms with Crippen molar-refractivity contribution in [3.63, 3.8) is 0 Å². The Balaban J connectivity index is 2.21. The zero-order chi connectivity index (χ0) is 21.5. The molecule has 1 aliphatic rings. The van der Waals surface area contributed by atoms with Gasteiger partial charge in [0.2, 0.25) is 0 Å². The Hall–Kier alpha value is -2.96. The molecule has 0 unspecified atom stereocenters. The second-order valence-electron chi connectivity index (χ2n) is 8.15. The van der Waals surface area contributed by atoms with E-state index in [0.717, 1.165) is 28.3 Å². The van der Waals surface area contributed by atoms with Crippen LogP contribution in [0.4, 0.5) is 17.1 Å². The molecule has 29 heavy (non-hydrogen) atoms. The van der Waals surface area contributed by atoms with Crippen LogP contribution >= 0.6 is 0 Å². The summed E-state index contributed by atoms with van der Waals surface area (Å²) in [5, 5.41) is 7.68. The molecule has 7 nitrogen and oxygen atoms in total. The first kappa shape index (κ1) is 20.8. The molecule has 0 bridgehead atoms. The van der Waals surface area contributed by atoms with E-state index >= 15 is 0 Å². The van der Waals surface area contributed by atoms with Crippen LogP contribution in [0.1, 0.15) is 63.5 Å². The van der Waals surface area contributed by atoms with Gasteiger partial charge in [-0.1, -0.05) is 27.7 Å². The fourth-order valence-corrected chi connectivity index (χ4v) is 3.48. The van der Waals surface area contributed by atoms with Crippen molar-refractivity contribution < 1.29 is 0 Å². The molecule has 1 aromatic heterocycles. The minimum atomic E-state index is -0.102. The summed E-state index contributed by atoms with van der Waals surface area (Å²) in [5.74, 6) is 0.732. The van der Waals surface area contributed by atoms with Gasteiger partial charge >= 0.3 is 0 Å². The van der Waals surface area contributed by atoms with Crippen LogP contribution in [0, 0.1) is 0 Å². The molecule has 0 aliphatic carbocycles. The van der Waals surface area contributed by atoms with Crippen molar-refractivity contribution in [3.05, 3.63) is 45.6 Å². The highest BCUT2D eigenvalue weighted by atomic mass is 16.1. The Morgan fingerprint density at radius 1 is 1.14 bits per heavy atom. The molecular weight excluding hydrogens is 364 g/mol. The maximum absolute atomic E-state index is 13.2. The fourth-order valence-electron chi connectivity index (χ4n) is 3.48. The molecule has 0 saturated heterocycles. The lowest BCUT2D eigenvalue weighted by molar-refractivity contribution is 0.685. The number of hydrogen-bond acceptors (Lipinski definition) is 6. The van der Waals surface area contributed by atoms with Crippen LogP contribution in [-0.4, -0.2) is 42.2 Å². The number of aliphatic imine (C=N–C) groups is 1. The molecule has 0 radical (unpaired) electrons. The standard InChI is InChI=1S/C22H30N6O/c1-12(2)18-19(13(3)4)25-21-20(14(5)26-28(21)22(18)29)24-16-10-9-15(27(7)8)11-17(16)23-6/h9-13,23H,1-8H3. The molecule has 1 aromatic carbocycles. The number of rotatable bonds is 5. The fraction of sp³-hybridized carbons (Fsp3) is 0.455. The largest absolute Gasteiger partial charge is 0.386 e.